The Morgan fingerprint density at radius 1 is 1.03 bits per heavy atom. The molecule has 1 amide bonds. The van der Waals surface area contributed by atoms with Gasteiger partial charge in [0.2, 0.25) is 5.91 Å². The number of amides is 1. The molecule has 0 bridgehead atoms. The van der Waals surface area contributed by atoms with Crippen LogP contribution in [-0.4, -0.2) is 40.7 Å². The number of aryl methyl sites for hydroxylation is 1. The fraction of sp³-hybridized carbons (Fsp3) is 0.735. The summed E-state index contributed by atoms with van der Waals surface area (Å²) in [7, 11) is 0. The molecular weight excluding hydrogens is 482 g/mol. The van der Waals surface area contributed by atoms with Crippen molar-refractivity contribution in [3.05, 3.63) is 30.0 Å². The second-order valence-electron chi connectivity index (χ2n) is 9.89. The maximum absolute atomic E-state index is 12.0. The van der Waals surface area contributed by atoms with E-state index in [0.29, 0.717) is 24.8 Å². The van der Waals surface area contributed by atoms with Crippen molar-refractivity contribution in [3.8, 4) is 0 Å². The van der Waals surface area contributed by atoms with Crippen LogP contribution in [-0.2, 0) is 9.59 Å². The van der Waals surface area contributed by atoms with Gasteiger partial charge in [-0.3, -0.25) is 4.79 Å². The van der Waals surface area contributed by atoms with E-state index in [1.165, 1.54) is 50.5 Å². The van der Waals surface area contributed by atoms with Gasteiger partial charge in [0.1, 0.15) is 11.6 Å². The summed E-state index contributed by atoms with van der Waals surface area (Å²) in [6.45, 7) is 26.0. The number of unbranched alkanes of at least 4 members (excludes halogenated alkanes) is 1. The number of aromatic nitrogens is 1. The molecule has 226 valence electrons. The lowest BCUT2D eigenvalue weighted by Gasteiger charge is -2.25. The molecule has 1 N–H and O–H groups in total. The Labute approximate surface area is 242 Å². The Bertz CT molecular complexity index is 781. The molecule has 0 saturated heterocycles. The van der Waals surface area contributed by atoms with Gasteiger partial charge >= 0.3 is 0 Å². The molecule has 0 aliphatic heterocycles. The van der Waals surface area contributed by atoms with Crippen molar-refractivity contribution in [2.24, 2.45) is 5.92 Å². The van der Waals surface area contributed by atoms with E-state index in [0.717, 1.165) is 42.9 Å². The highest BCUT2D eigenvalue weighted by Crippen LogP contribution is 2.30. The van der Waals surface area contributed by atoms with E-state index in [1.54, 1.807) is 6.92 Å². The molecule has 1 saturated carbocycles. The molecule has 0 radical (unpaired) electrons. The maximum Gasteiger partial charge on any atom is 0.225 e. The van der Waals surface area contributed by atoms with Crippen molar-refractivity contribution >= 4 is 23.1 Å². The highest BCUT2D eigenvalue weighted by Gasteiger charge is 2.20. The van der Waals surface area contributed by atoms with E-state index in [1.807, 2.05) is 58.7 Å². The molecule has 39 heavy (non-hydrogen) atoms. The second kappa shape index (κ2) is 24.8. The lowest BCUT2D eigenvalue weighted by molar-refractivity contribution is -0.135. The molecule has 1 atom stereocenters. The number of anilines is 1. The third kappa shape index (κ3) is 15.9. The summed E-state index contributed by atoms with van der Waals surface area (Å²) >= 11 is 0. The standard InChI is InChI=1S/C18H26N2O.C12H25NO.2C2H6/c1-13(9-10-15(3)21)17-14(2)11-12-19-18(17)20-16-7-5-4-6-8-16;1-5-9-10-11(6-2)12(14)13(7-3)8-4;2*1-2/h11-12,16H,1,4-10H2,2-3H3,(H,19,20);11H,5-10H2,1-4H3;2*1-2H3. The van der Waals surface area contributed by atoms with Crippen LogP contribution in [0.4, 0.5) is 5.82 Å². The third-order valence-electron chi connectivity index (χ3n) is 7.06. The minimum Gasteiger partial charge on any atom is -0.367 e. The second-order valence-corrected chi connectivity index (χ2v) is 9.89. The van der Waals surface area contributed by atoms with Crippen LogP contribution in [0, 0.1) is 12.8 Å². The first-order chi connectivity index (χ1) is 18.8. The molecule has 2 rings (SSSR count). The van der Waals surface area contributed by atoms with E-state index in [2.05, 4.69) is 37.7 Å². The van der Waals surface area contributed by atoms with E-state index in [-0.39, 0.29) is 11.7 Å². The summed E-state index contributed by atoms with van der Waals surface area (Å²) in [5.74, 6) is 1.76. The number of Topliss-reactive ketones (excluding diaryl/α,β-unsaturated/α-hetero) is 1. The molecule has 1 fully saturated rings. The summed E-state index contributed by atoms with van der Waals surface area (Å²) in [6, 6.07) is 2.53. The Hall–Kier alpha value is -2.17. The van der Waals surface area contributed by atoms with E-state index < -0.39 is 0 Å². The summed E-state index contributed by atoms with van der Waals surface area (Å²) in [4.78, 5) is 29.6. The number of carbonyl (C=O) groups excluding carboxylic acids is 2. The zero-order valence-corrected chi connectivity index (χ0v) is 27.4. The summed E-state index contributed by atoms with van der Waals surface area (Å²) in [6.07, 6.45) is 13.9. The number of allylic oxidation sites excluding steroid dienone is 1. The van der Waals surface area contributed by atoms with E-state index >= 15 is 0 Å². The Balaban J connectivity index is 0. The third-order valence-corrected chi connectivity index (χ3v) is 7.06. The molecule has 1 aromatic heterocycles. The first-order valence-corrected chi connectivity index (χ1v) is 16.0. The fourth-order valence-corrected chi connectivity index (χ4v) is 4.75. The van der Waals surface area contributed by atoms with Crippen molar-refractivity contribution in [3.63, 3.8) is 0 Å². The monoisotopic (exact) mass is 545 g/mol. The number of hydrogen-bond donors (Lipinski definition) is 1. The fourth-order valence-electron chi connectivity index (χ4n) is 4.75. The van der Waals surface area contributed by atoms with E-state index in [4.69, 9.17) is 0 Å². The number of carbonyl (C=O) groups is 2. The minimum absolute atomic E-state index is 0.208. The van der Waals surface area contributed by atoms with Crippen molar-refractivity contribution in [1.29, 1.82) is 0 Å². The zero-order valence-electron chi connectivity index (χ0n) is 27.4. The summed E-state index contributed by atoms with van der Waals surface area (Å²) in [5, 5.41) is 3.60. The number of rotatable bonds is 13. The Kier molecular flexibility index (Phi) is 24.8. The van der Waals surface area contributed by atoms with Gasteiger partial charge in [-0.15, -0.1) is 0 Å². The Morgan fingerprint density at radius 3 is 2.10 bits per heavy atom. The summed E-state index contributed by atoms with van der Waals surface area (Å²) in [5.41, 5.74) is 3.29. The average Bonchev–Trinajstić information content (AvgIpc) is 2.96. The van der Waals surface area contributed by atoms with Crippen LogP contribution >= 0.6 is 0 Å². The zero-order chi connectivity index (χ0) is 30.2. The predicted octanol–water partition coefficient (Wildman–Crippen LogP) is 9.64. The maximum atomic E-state index is 12.0. The number of ketones is 1. The van der Waals surface area contributed by atoms with Gasteiger partial charge in [0.15, 0.2) is 0 Å². The van der Waals surface area contributed by atoms with Gasteiger partial charge in [-0.2, -0.15) is 0 Å². The van der Waals surface area contributed by atoms with Crippen LogP contribution in [0.15, 0.2) is 18.8 Å². The van der Waals surface area contributed by atoms with Gasteiger partial charge in [-0.1, -0.05) is 80.2 Å². The molecule has 1 aliphatic rings. The molecule has 1 heterocycles. The van der Waals surface area contributed by atoms with Gasteiger partial charge in [0, 0.05) is 43.2 Å². The van der Waals surface area contributed by atoms with Crippen LogP contribution in [0.1, 0.15) is 144 Å². The number of pyridine rings is 1. The largest absolute Gasteiger partial charge is 0.367 e. The molecule has 1 unspecified atom stereocenters. The lowest BCUT2D eigenvalue weighted by Crippen LogP contribution is -2.35. The molecule has 5 heteroatoms. The quantitative estimate of drug-likeness (QED) is 0.268. The van der Waals surface area contributed by atoms with Crippen LogP contribution in [0.5, 0.6) is 0 Å². The van der Waals surface area contributed by atoms with Gasteiger partial charge in [-0.05, 0) is 77.0 Å². The molecular formula is C34H63N3O2. The lowest BCUT2D eigenvalue weighted by atomic mass is 9.94. The molecule has 1 aliphatic carbocycles. The molecule has 0 aromatic carbocycles. The van der Waals surface area contributed by atoms with Crippen molar-refractivity contribution < 1.29 is 9.59 Å². The number of nitrogens with zero attached hydrogens (tertiary/aromatic N) is 2. The van der Waals surface area contributed by atoms with E-state index in [9.17, 15) is 9.59 Å². The van der Waals surface area contributed by atoms with Crippen LogP contribution in [0.25, 0.3) is 5.57 Å². The number of hydrogen-bond acceptors (Lipinski definition) is 4. The SMILES string of the molecule is C=C(CCC(C)=O)c1c(C)ccnc1NC1CCCCC1.CC.CC.CCCCC(CC)C(=O)N(CC)CC. The minimum atomic E-state index is 0.208. The first kappa shape index (κ1) is 39.0. The van der Waals surface area contributed by atoms with Crippen molar-refractivity contribution in [2.75, 3.05) is 18.4 Å². The number of nitrogens with one attached hydrogen (secondary N) is 1. The first-order valence-electron chi connectivity index (χ1n) is 16.0. The average molecular weight is 546 g/mol. The smallest absolute Gasteiger partial charge is 0.225 e. The topological polar surface area (TPSA) is 62.3 Å². The normalized spacial score (nSPS) is 13.3. The van der Waals surface area contributed by atoms with Crippen molar-refractivity contribution in [1.82, 2.24) is 9.88 Å². The molecule has 1 aromatic rings. The van der Waals surface area contributed by atoms with Crippen LogP contribution in [0.2, 0.25) is 0 Å². The van der Waals surface area contributed by atoms with Gasteiger partial charge in [-0.25, -0.2) is 4.98 Å². The van der Waals surface area contributed by atoms with Crippen LogP contribution < -0.4 is 5.32 Å². The van der Waals surface area contributed by atoms with Gasteiger partial charge in [0.05, 0.1) is 0 Å². The Morgan fingerprint density at radius 2 is 1.62 bits per heavy atom. The summed E-state index contributed by atoms with van der Waals surface area (Å²) < 4.78 is 0. The highest BCUT2D eigenvalue weighted by molar-refractivity contribution is 5.81. The molecule has 5 nitrogen and oxygen atoms in total. The highest BCUT2D eigenvalue weighted by atomic mass is 16.2. The van der Waals surface area contributed by atoms with Crippen molar-refractivity contribution in [2.45, 2.75) is 146 Å². The van der Waals surface area contributed by atoms with Crippen LogP contribution in [0.3, 0.4) is 0 Å². The molecule has 0 spiro atoms. The predicted molar refractivity (Wildman–Crippen MR) is 172 cm³/mol. The van der Waals surface area contributed by atoms with Gasteiger partial charge < -0.3 is 15.0 Å². The van der Waals surface area contributed by atoms with Gasteiger partial charge in [0.25, 0.3) is 0 Å².